The molecule has 1 aromatic heterocycles. The first kappa shape index (κ1) is 22.3. The predicted octanol–water partition coefficient (Wildman–Crippen LogP) is 2.72. The zero-order valence-corrected chi connectivity index (χ0v) is 18.8. The van der Waals surface area contributed by atoms with Crippen LogP contribution in [0.5, 0.6) is 0 Å². The number of aromatic nitrogens is 1. The first-order valence-corrected chi connectivity index (χ1v) is 11.9. The first-order valence-electron chi connectivity index (χ1n) is 10.4. The van der Waals surface area contributed by atoms with Crippen molar-refractivity contribution in [2.45, 2.75) is 58.0 Å². The quantitative estimate of drug-likeness (QED) is 0.514. The van der Waals surface area contributed by atoms with E-state index in [0.717, 1.165) is 36.3 Å². The van der Waals surface area contributed by atoms with Gasteiger partial charge < -0.3 is 15.1 Å². The van der Waals surface area contributed by atoms with E-state index in [1.807, 2.05) is 26.8 Å². The molecule has 1 aliphatic rings. The van der Waals surface area contributed by atoms with E-state index in [2.05, 4.69) is 20.6 Å². The highest BCUT2D eigenvalue weighted by atomic mass is 32.2. The molecule has 0 saturated carbocycles. The predicted molar refractivity (Wildman–Crippen MR) is 117 cm³/mol. The highest BCUT2D eigenvalue weighted by molar-refractivity contribution is 7.89. The third-order valence-electron chi connectivity index (χ3n) is 5.10. The number of oxazole rings is 1. The third kappa shape index (κ3) is 5.60. The molecule has 9 heteroatoms. The molecule has 164 valence electrons. The van der Waals surface area contributed by atoms with E-state index in [1.54, 1.807) is 22.5 Å². The summed E-state index contributed by atoms with van der Waals surface area (Å²) < 4.78 is 33.0. The van der Waals surface area contributed by atoms with E-state index in [-0.39, 0.29) is 0 Å². The van der Waals surface area contributed by atoms with Crippen LogP contribution in [0.2, 0.25) is 0 Å². The van der Waals surface area contributed by atoms with Crippen molar-refractivity contribution in [2.24, 2.45) is 4.99 Å². The molecule has 0 unspecified atom stereocenters. The SMILES string of the molecule is CCNC(=NCc1cccc(S(=O)(=O)N2CCCCC2)c1)NCc1nc(C)c(C)o1. The molecule has 0 aliphatic carbocycles. The van der Waals surface area contributed by atoms with Crippen LogP contribution < -0.4 is 10.6 Å². The fraction of sp³-hybridized carbons (Fsp3) is 0.524. The lowest BCUT2D eigenvalue weighted by Gasteiger charge is -2.26. The number of hydrogen-bond acceptors (Lipinski definition) is 5. The van der Waals surface area contributed by atoms with Gasteiger partial charge in [0, 0.05) is 19.6 Å². The molecule has 0 bridgehead atoms. The van der Waals surface area contributed by atoms with Gasteiger partial charge in [0.05, 0.1) is 23.7 Å². The van der Waals surface area contributed by atoms with Gasteiger partial charge in [-0.3, -0.25) is 0 Å². The van der Waals surface area contributed by atoms with E-state index in [9.17, 15) is 8.42 Å². The first-order chi connectivity index (χ1) is 14.4. The second-order valence-electron chi connectivity index (χ2n) is 7.41. The minimum absolute atomic E-state index is 0.334. The molecule has 1 aromatic carbocycles. The number of nitrogens with zero attached hydrogens (tertiary/aromatic N) is 3. The van der Waals surface area contributed by atoms with Crippen molar-refractivity contribution in [2.75, 3.05) is 19.6 Å². The molecule has 1 fully saturated rings. The summed E-state index contributed by atoms with van der Waals surface area (Å²) in [7, 11) is -3.45. The van der Waals surface area contributed by atoms with E-state index >= 15 is 0 Å². The maximum absolute atomic E-state index is 12.9. The molecule has 0 radical (unpaired) electrons. The van der Waals surface area contributed by atoms with Crippen LogP contribution in [0.15, 0.2) is 38.6 Å². The van der Waals surface area contributed by atoms with Gasteiger partial charge in [0.25, 0.3) is 0 Å². The molecule has 30 heavy (non-hydrogen) atoms. The van der Waals surface area contributed by atoms with E-state index in [1.165, 1.54) is 0 Å². The van der Waals surface area contributed by atoms with Gasteiger partial charge in [0.2, 0.25) is 15.9 Å². The van der Waals surface area contributed by atoms with Crippen LogP contribution in [0.4, 0.5) is 0 Å². The maximum atomic E-state index is 12.9. The molecule has 2 N–H and O–H groups in total. The molecule has 0 amide bonds. The highest BCUT2D eigenvalue weighted by Gasteiger charge is 2.25. The molecule has 2 heterocycles. The average Bonchev–Trinajstić information content (AvgIpc) is 3.08. The normalized spacial score (nSPS) is 15.9. The third-order valence-corrected chi connectivity index (χ3v) is 6.99. The lowest BCUT2D eigenvalue weighted by molar-refractivity contribution is 0.346. The van der Waals surface area contributed by atoms with E-state index < -0.39 is 10.0 Å². The summed E-state index contributed by atoms with van der Waals surface area (Å²) in [6.07, 6.45) is 2.93. The average molecular weight is 434 g/mol. The summed E-state index contributed by atoms with van der Waals surface area (Å²) in [5.74, 6) is 2.03. The van der Waals surface area contributed by atoms with Crippen LogP contribution in [-0.4, -0.2) is 43.3 Å². The topological polar surface area (TPSA) is 99.8 Å². The zero-order chi connectivity index (χ0) is 21.6. The van der Waals surface area contributed by atoms with Crippen molar-refractivity contribution >= 4 is 16.0 Å². The Bertz CT molecular complexity index is 959. The number of guanidine groups is 1. The van der Waals surface area contributed by atoms with Crippen LogP contribution in [0.3, 0.4) is 0 Å². The fourth-order valence-corrected chi connectivity index (χ4v) is 4.93. The van der Waals surface area contributed by atoms with Gasteiger partial charge in [-0.2, -0.15) is 4.31 Å². The number of hydrogen-bond donors (Lipinski definition) is 2. The second-order valence-corrected chi connectivity index (χ2v) is 9.35. The van der Waals surface area contributed by atoms with Gasteiger partial charge >= 0.3 is 0 Å². The van der Waals surface area contributed by atoms with Crippen molar-refractivity contribution in [3.63, 3.8) is 0 Å². The Kier molecular flexibility index (Phi) is 7.49. The Morgan fingerprint density at radius 1 is 1.20 bits per heavy atom. The molecule has 1 saturated heterocycles. The molecule has 0 atom stereocenters. The number of sulfonamides is 1. The smallest absolute Gasteiger partial charge is 0.243 e. The maximum Gasteiger partial charge on any atom is 0.243 e. The summed E-state index contributed by atoms with van der Waals surface area (Å²) in [4.78, 5) is 9.27. The Balaban J connectivity index is 1.68. The number of piperidine rings is 1. The van der Waals surface area contributed by atoms with Crippen LogP contribution in [0.1, 0.15) is 49.1 Å². The summed E-state index contributed by atoms with van der Waals surface area (Å²) >= 11 is 0. The van der Waals surface area contributed by atoms with Gasteiger partial charge in [-0.25, -0.2) is 18.4 Å². The Morgan fingerprint density at radius 3 is 2.63 bits per heavy atom. The van der Waals surface area contributed by atoms with Crippen molar-refractivity contribution in [1.29, 1.82) is 0 Å². The lowest BCUT2D eigenvalue weighted by atomic mass is 10.2. The Labute approximate surface area is 178 Å². The van der Waals surface area contributed by atoms with Crippen molar-refractivity contribution < 1.29 is 12.8 Å². The molecule has 3 rings (SSSR count). The number of nitrogens with one attached hydrogen (secondary N) is 2. The minimum atomic E-state index is -3.45. The Morgan fingerprint density at radius 2 is 1.97 bits per heavy atom. The van der Waals surface area contributed by atoms with Crippen LogP contribution in [0.25, 0.3) is 0 Å². The number of aliphatic imine (C=N–C) groups is 1. The summed E-state index contributed by atoms with van der Waals surface area (Å²) in [6.45, 7) is 8.47. The van der Waals surface area contributed by atoms with Gasteiger partial charge in [-0.05, 0) is 51.3 Å². The van der Waals surface area contributed by atoms with Gasteiger partial charge in [0.15, 0.2) is 5.96 Å². The van der Waals surface area contributed by atoms with Crippen LogP contribution >= 0.6 is 0 Å². The zero-order valence-electron chi connectivity index (χ0n) is 17.9. The molecular weight excluding hydrogens is 402 g/mol. The Hall–Kier alpha value is -2.39. The van der Waals surface area contributed by atoms with Crippen molar-refractivity contribution in [3.05, 3.63) is 47.2 Å². The van der Waals surface area contributed by atoms with E-state index in [4.69, 9.17) is 4.42 Å². The second kappa shape index (κ2) is 10.1. The molecular formula is C21H31N5O3S. The number of benzene rings is 1. The monoisotopic (exact) mass is 433 g/mol. The largest absolute Gasteiger partial charge is 0.444 e. The summed E-state index contributed by atoms with van der Waals surface area (Å²) in [5.41, 5.74) is 1.72. The molecule has 0 spiro atoms. The van der Waals surface area contributed by atoms with Crippen molar-refractivity contribution in [3.8, 4) is 0 Å². The van der Waals surface area contributed by atoms with Crippen molar-refractivity contribution in [1.82, 2.24) is 19.9 Å². The lowest BCUT2D eigenvalue weighted by Crippen LogP contribution is -2.37. The fourth-order valence-electron chi connectivity index (χ4n) is 3.34. The molecule has 8 nitrogen and oxygen atoms in total. The van der Waals surface area contributed by atoms with Crippen LogP contribution in [-0.2, 0) is 23.1 Å². The number of aryl methyl sites for hydroxylation is 2. The summed E-state index contributed by atoms with van der Waals surface area (Å²) in [5, 5.41) is 6.38. The van der Waals surface area contributed by atoms with Gasteiger partial charge in [-0.15, -0.1) is 0 Å². The van der Waals surface area contributed by atoms with E-state index in [0.29, 0.717) is 49.5 Å². The standard InChI is InChI=1S/C21H31N5O3S/c1-4-22-21(24-15-20-25-16(2)17(3)29-20)23-14-18-9-8-10-19(13-18)30(27,28)26-11-6-5-7-12-26/h8-10,13H,4-7,11-12,14-15H2,1-3H3,(H2,22,23,24). The number of rotatable bonds is 7. The van der Waals surface area contributed by atoms with Gasteiger partial charge in [0.1, 0.15) is 5.76 Å². The summed E-state index contributed by atoms with van der Waals surface area (Å²) in [6, 6.07) is 7.05. The minimum Gasteiger partial charge on any atom is -0.444 e. The highest BCUT2D eigenvalue weighted by Crippen LogP contribution is 2.21. The molecule has 1 aliphatic heterocycles. The van der Waals surface area contributed by atoms with Crippen LogP contribution in [0, 0.1) is 13.8 Å². The van der Waals surface area contributed by atoms with Gasteiger partial charge in [-0.1, -0.05) is 18.6 Å². The molecule has 2 aromatic rings.